The van der Waals surface area contributed by atoms with Crippen LogP contribution >= 0.6 is 0 Å². The molecule has 1 N–H and O–H groups in total. The van der Waals surface area contributed by atoms with Crippen molar-refractivity contribution in [3.63, 3.8) is 0 Å². The lowest BCUT2D eigenvalue weighted by molar-refractivity contribution is 0.746. The lowest BCUT2D eigenvalue weighted by atomic mass is 10.1. The molecule has 0 aromatic heterocycles. The van der Waals surface area contributed by atoms with Crippen molar-refractivity contribution in [1.82, 2.24) is 5.32 Å². The monoisotopic (exact) mass is 241 g/mol. The highest BCUT2D eigenvalue weighted by Crippen LogP contribution is 2.06. The lowest BCUT2D eigenvalue weighted by Gasteiger charge is -2.07. The minimum absolute atomic E-state index is 0.830. The number of nitrogens with one attached hydrogen (secondary N) is 1. The molecule has 0 radical (unpaired) electrons. The molecule has 0 heterocycles. The van der Waals surface area contributed by atoms with Gasteiger partial charge in [0, 0.05) is 13.1 Å². The van der Waals surface area contributed by atoms with Gasteiger partial charge in [-0.2, -0.15) is 0 Å². The average molecular weight is 241 g/mol. The van der Waals surface area contributed by atoms with Crippen LogP contribution < -0.4 is 5.32 Å². The Kier molecular flexibility index (Phi) is 6.16. The van der Waals surface area contributed by atoms with Crippen molar-refractivity contribution in [3.05, 3.63) is 71.8 Å². The molecule has 0 saturated heterocycles. The van der Waals surface area contributed by atoms with Gasteiger partial charge in [0.1, 0.15) is 0 Å². The summed E-state index contributed by atoms with van der Waals surface area (Å²) in [6.07, 6.45) is 4.98. The molecule has 0 aliphatic carbocycles. The number of hydrogen-bond acceptors (Lipinski definition) is 1. The molecule has 0 amide bonds. The Hall–Kier alpha value is -1.60. The molecule has 0 fully saturated rings. The quantitative estimate of drug-likeness (QED) is 0.707. The van der Waals surface area contributed by atoms with Crippen molar-refractivity contribution in [1.29, 1.82) is 0 Å². The van der Waals surface area contributed by atoms with Crippen LogP contribution in [-0.4, -0.2) is 6.54 Å². The number of aryl methyl sites for hydroxylation is 1. The Morgan fingerprint density at radius 2 is 1.94 bits per heavy atom. The van der Waals surface area contributed by atoms with E-state index in [0.29, 0.717) is 0 Å². The van der Waals surface area contributed by atoms with E-state index in [-0.39, 0.29) is 0 Å². The van der Waals surface area contributed by atoms with Crippen molar-refractivity contribution in [3.8, 4) is 0 Å². The standard InChI is InChI=1S/C17H23N/c1-5-14(3)11-16(6-2)12-18-13-17-9-7-15(4)8-10-17/h6-11,18H,2-3,5,12-13H2,1,4H3/b16-11+. The van der Waals surface area contributed by atoms with E-state index in [2.05, 4.69) is 62.7 Å². The fraction of sp³-hybridized carbons (Fsp3) is 0.294. The molecule has 1 aromatic rings. The molecular weight excluding hydrogens is 218 g/mol. The zero-order chi connectivity index (χ0) is 13.4. The first-order valence-corrected chi connectivity index (χ1v) is 6.42. The van der Waals surface area contributed by atoms with Crippen molar-refractivity contribution in [2.45, 2.75) is 26.8 Å². The molecule has 0 aliphatic rings. The van der Waals surface area contributed by atoms with Gasteiger partial charge in [0.15, 0.2) is 0 Å². The van der Waals surface area contributed by atoms with Crippen LogP contribution in [0.15, 0.2) is 60.7 Å². The highest BCUT2D eigenvalue weighted by Gasteiger charge is 1.95. The fourth-order valence-corrected chi connectivity index (χ4v) is 1.60. The van der Waals surface area contributed by atoms with E-state index >= 15 is 0 Å². The molecule has 0 spiro atoms. The normalized spacial score (nSPS) is 11.3. The van der Waals surface area contributed by atoms with E-state index in [1.807, 2.05) is 6.08 Å². The predicted octanol–water partition coefficient (Wildman–Crippen LogP) is 4.16. The Bertz CT molecular complexity index is 423. The van der Waals surface area contributed by atoms with Crippen LogP contribution in [0.2, 0.25) is 0 Å². The second-order valence-corrected chi connectivity index (χ2v) is 4.52. The highest BCUT2D eigenvalue weighted by molar-refractivity contribution is 5.28. The highest BCUT2D eigenvalue weighted by atomic mass is 14.8. The van der Waals surface area contributed by atoms with Crippen LogP contribution in [0.1, 0.15) is 24.5 Å². The number of rotatable bonds is 7. The summed E-state index contributed by atoms with van der Waals surface area (Å²) in [5.74, 6) is 0. The van der Waals surface area contributed by atoms with E-state index in [9.17, 15) is 0 Å². The van der Waals surface area contributed by atoms with Gasteiger partial charge < -0.3 is 5.32 Å². The van der Waals surface area contributed by atoms with Gasteiger partial charge in [0.25, 0.3) is 0 Å². The van der Waals surface area contributed by atoms with E-state index < -0.39 is 0 Å². The first-order valence-electron chi connectivity index (χ1n) is 6.42. The van der Waals surface area contributed by atoms with E-state index in [0.717, 1.165) is 25.1 Å². The molecule has 1 nitrogen and oxygen atoms in total. The Morgan fingerprint density at radius 3 is 2.50 bits per heavy atom. The van der Waals surface area contributed by atoms with Gasteiger partial charge in [-0.25, -0.2) is 0 Å². The average Bonchev–Trinajstić information content (AvgIpc) is 2.39. The Labute approximate surface area is 111 Å². The largest absolute Gasteiger partial charge is 0.309 e. The predicted molar refractivity (Wildman–Crippen MR) is 80.6 cm³/mol. The van der Waals surface area contributed by atoms with E-state index in [4.69, 9.17) is 0 Å². The third-order valence-electron chi connectivity index (χ3n) is 2.88. The first-order chi connectivity index (χ1) is 8.65. The van der Waals surface area contributed by atoms with Crippen molar-refractivity contribution >= 4 is 0 Å². The summed E-state index contributed by atoms with van der Waals surface area (Å²) in [5.41, 5.74) is 4.93. The van der Waals surface area contributed by atoms with Crippen LogP contribution in [-0.2, 0) is 6.54 Å². The lowest BCUT2D eigenvalue weighted by Crippen LogP contribution is -2.16. The molecule has 1 rings (SSSR count). The molecule has 18 heavy (non-hydrogen) atoms. The molecule has 0 unspecified atom stereocenters. The zero-order valence-corrected chi connectivity index (χ0v) is 11.5. The van der Waals surface area contributed by atoms with Gasteiger partial charge in [-0.1, -0.05) is 67.6 Å². The second-order valence-electron chi connectivity index (χ2n) is 4.52. The Balaban J connectivity index is 2.44. The van der Waals surface area contributed by atoms with Gasteiger partial charge in [-0.3, -0.25) is 0 Å². The van der Waals surface area contributed by atoms with Crippen LogP contribution in [0.3, 0.4) is 0 Å². The SMILES string of the molecule is C=C/C(=C\C(=C)CC)CNCc1ccc(C)cc1. The molecule has 0 atom stereocenters. The van der Waals surface area contributed by atoms with Crippen LogP contribution in [0.4, 0.5) is 0 Å². The maximum absolute atomic E-state index is 3.98. The minimum atomic E-state index is 0.830. The van der Waals surface area contributed by atoms with Crippen molar-refractivity contribution in [2.75, 3.05) is 6.54 Å². The third-order valence-corrected chi connectivity index (χ3v) is 2.88. The maximum atomic E-state index is 3.98. The molecule has 1 aromatic carbocycles. The second kappa shape index (κ2) is 7.67. The maximum Gasteiger partial charge on any atom is 0.0208 e. The van der Waals surface area contributed by atoms with Crippen LogP contribution in [0, 0.1) is 6.92 Å². The smallest absolute Gasteiger partial charge is 0.0208 e. The number of allylic oxidation sites excluding steroid dienone is 2. The molecular formula is C17H23N. The summed E-state index contributed by atoms with van der Waals surface area (Å²) in [7, 11) is 0. The molecule has 0 saturated carbocycles. The molecule has 96 valence electrons. The third kappa shape index (κ3) is 5.15. The van der Waals surface area contributed by atoms with Crippen LogP contribution in [0.25, 0.3) is 0 Å². The summed E-state index contributed by atoms with van der Waals surface area (Å²) >= 11 is 0. The van der Waals surface area contributed by atoms with Gasteiger partial charge in [0.2, 0.25) is 0 Å². The van der Waals surface area contributed by atoms with E-state index in [1.54, 1.807) is 0 Å². The van der Waals surface area contributed by atoms with Gasteiger partial charge in [-0.05, 0) is 24.5 Å². The molecule has 0 bridgehead atoms. The molecule has 0 aliphatic heterocycles. The van der Waals surface area contributed by atoms with E-state index in [1.165, 1.54) is 16.7 Å². The van der Waals surface area contributed by atoms with Gasteiger partial charge in [-0.15, -0.1) is 0 Å². The summed E-state index contributed by atoms with van der Waals surface area (Å²) in [5, 5.41) is 3.42. The zero-order valence-electron chi connectivity index (χ0n) is 11.5. The number of hydrogen-bond donors (Lipinski definition) is 1. The first kappa shape index (κ1) is 14.5. The fourth-order valence-electron chi connectivity index (χ4n) is 1.60. The summed E-state index contributed by atoms with van der Waals surface area (Å²) in [4.78, 5) is 0. The van der Waals surface area contributed by atoms with Crippen LogP contribution in [0.5, 0.6) is 0 Å². The van der Waals surface area contributed by atoms with Crippen molar-refractivity contribution < 1.29 is 0 Å². The Morgan fingerprint density at radius 1 is 1.28 bits per heavy atom. The summed E-state index contributed by atoms with van der Waals surface area (Å²) in [6.45, 7) is 13.7. The summed E-state index contributed by atoms with van der Waals surface area (Å²) < 4.78 is 0. The summed E-state index contributed by atoms with van der Waals surface area (Å²) in [6, 6.07) is 8.59. The number of benzene rings is 1. The van der Waals surface area contributed by atoms with Gasteiger partial charge in [0.05, 0.1) is 0 Å². The topological polar surface area (TPSA) is 12.0 Å². The minimum Gasteiger partial charge on any atom is -0.309 e. The molecule has 1 heteroatoms. The van der Waals surface area contributed by atoms with Gasteiger partial charge >= 0.3 is 0 Å². The van der Waals surface area contributed by atoms with Crippen molar-refractivity contribution in [2.24, 2.45) is 0 Å².